The van der Waals surface area contributed by atoms with E-state index in [9.17, 15) is 13.2 Å². The zero-order chi connectivity index (χ0) is 14.9. The van der Waals surface area contributed by atoms with Crippen LogP contribution in [0.2, 0.25) is 0 Å². The fraction of sp³-hybridized carbons (Fsp3) is 0.462. The number of benzene rings is 1. The highest BCUT2D eigenvalue weighted by molar-refractivity contribution is 8.02. The minimum Gasteiger partial charge on any atom is -0.454 e. The number of anilines is 1. The predicted octanol–water partition coefficient (Wildman–Crippen LogP) is 1.27. The SMILES string of the molecule is O=C(CS[C@H]1CCS(=O)(=O)C1)Nc1ccc2c(c1)OCO2. The summed E-state index contributed by atoms with van der Waals surface area (Å²) < 4.78 is 33.1. The number of amides is 1. The van der Waals surface area contributed by atoms with Crippen molar-refractivity contribution in [3.8, 4) is 11.5 Å². The first kappa shape index (κ1) is 14.5. The van der Waals surface area contributed by atoms with Crippen molar-refractivity contribution in [2.45, 2.75) is 11.7 Å². The Balaban J connectivity index is 1.50. The van der Waals surface area contributed by atoms with Crippen LogP contribution in [0.15, 0.2) is 18.2 Å². The van der Waals surface area contributed by atoms with Gasteiger partial charge in [-0.2, -0.15) is 0 Å². The quantitative estimate of drug-likeness (QED) is 0.896. The minimum absolute atomic E-state index is 0.0255. The normalized spacial score (nSPS) is 22.2. The number of fused-ring (bicyclic) bond motifs is 1. The van der Waals surface area contributed by atoms with Crippen LogP contribution in [0.25, 0.3) is 0 Å². The van der Waals surface area contributed by atoms with Crippen molar-refractivity contribution in [3.05, 3.63) is 18.2 Å². The molecular weight excluding hydrogens is 314 g/mol. The Hall–Kier alpha value is -1.41. The molecule has 1 aromatic rings. The molecule has 0 radical (unpaired) electrons. The van der Waals surface area contributed by atoms with E-state index >= 15 is 0 Å². The molecule has 21 heavy (non-hydrogen) atoms. The number of hydrogen-bond acceptors (Lipinski definition) is 6. The standard InChI is InChI=1S/C13H15NO5S2/c15-13(6-20-10-3-4-21(16,17)7-10)14-9-1-2-11-12(5-9)19-8-18-11/h1-2,5,10H,3-4,6-8H2,(H,14,15)/t10-/m0/s1. The molecule has 3 rings (SSSR count). The summed E-state index contributed by atoms with van der Waals surface area (Å²) in [5.41, 5.74) is 0.642. The summed E-state index contributed by atoms with van der Waals surface area (Å²) in [6, 6.07) is 5.20. The number of sulfone groups is 1. The van der Waals surface area contributed by atoms with Crippen molar-refractivity contribution in [1.82, 2.24) is 0 Å². The number of thioether (sulfide) groups is 1. The van der Waals surface area contributed by atoms with Crippen LogP contribution in [0.4, 0.5) is 5.69 Å². The van der Waals surface area contributed by atoms with Crippen molar-refractivity contribution in [3.63, 3.8) is 0 Å². The third-order valence-corrected chi connectivity index (χ3v) is 6.58. The molecule has 1 atom stereocenters. The van der Waals surface area contributed by atoms with Crippen LogP contribution in [0.5, 0.6) is 11.5 Å². The van der Waals surface area contributed by atoms with Crippen LogP contribution < -0.4 is 14.8 Å². The molecule has 0 saturated carbocycles. The van der Waals surface area contributed by atoms with Crippen molar-refractivity contribution in [1.29, 1.82) is 0 Å². The van der Waals surface area contributed by atoms with Gasteiger partial charge in [0.1, 0.15) is 0 Å². The molecule has 0 unspecified atom stereocenters. The Bertz CT molecular complexity index is 659. The molecule has 1 fully saturated rings. The average Bonchev–Trinajstić information content (AvgIpc) is 3.02. The second-order valence-electron chi connectivity index (χ2n) is 4.95. The molecule has 8 heteroatoms. The lowest BCUT2D eigenvalue weighted by atomic mass is 10.3. The summed E-state index contributed by atoms with van der Waals surface area (Å²) >= 11 is 1.39. The van der Waals surface area contributed by atoms with Crippen LogP contribution in [-0.2, 0) is 14.6 Å². The van der Waals surface area contributed by atoms with Crippen LogP contribution in [-0.4, -0.2) is 43.6 Å². The first-order valence-electron chi connectivity index (χ1n) is 6.53. The van der Waals surface area contributed by atoms with Crippen molar-refractivity contribution >= 4 is 33.2 Å². The molecule has 0 spiro atoms. The second-order valence-corrected chi connectivity index (χ2v) is 8.47. The van der Waals surface area contributed by atoms with Gasteiger partial charge in [0, 0.05) is 17.0 Å². The molecule has 0 bridgehead atoms. The van der Waals surface area contributed by atoms with E-state index in [-0.39, 0.29) is 35.2 Å². The topological polar surface area (TPSA) is 81.7 Å². The number of carbonyl (C=O) groups excluding carboxylic acids is 1. The fourth-order valence-corrected chi connectivity index (χ4v) is 5.70. The molecule has 2 aliphatic rings. The Morgan fingerprint density at radius 1 is 1.33 bits per heavy atom. The van der Waals surface area contributed by atoms with Gasteiger partial charge in [0.25, 0.3) is 0 Å². The largest absolute Gasteiger partial charge is 0.454 e. The lowest BCUT2D eigenvalue weighted by molar-refractivity contribution is -0.113. The Labute approximate surface area is 127 Å². The minimum atomic E-state index is -2.89. The summed E-state index contributed by atoms with van der Waals surface area (Å²) in [6.45, 7) is 0.193. The van der Waals surface area contributed by atoms with Gasteiger partial charge in [-0.05, 0) is 18.6 Å². The summed E-state index contributed by atoms with van der Waals surface area (Å²) in [7, 11) is -2.89. The number of hydrogen-bond donors (Lipinski definition) is 1. The van der Waals surface area contributed by atoms with Gasteiger partial charge in [0.05, 0.1) is 17.3 Å². The third kappa shape index (κ3) is 3.62. The number of carbonyl (C=O) groups is 1. The second kappa shape index (κ2) is 5.76. The monoisotopic (exact) mass is 329 g/mol. The molecule has 2 heterocycles. The summed E-state index contributed by atoms with van der Waals surface area (Å²) in [5.74, 6) is 1.78. The van der Waals surface area contributed by atoms with Gasteiger partial charge < -0.3 is 14.8 Å². The lowest BCUT2D eigenvalue weighted by Gasteiger charge is -2.08. The van der Waals surface area contributed by atoms with Crippen molar-refractivity contribution < 1.29 is 22.7 Å². The molecular formula is C13H15NO5S2. The zero-order valence-electron chi connectivity index (χ0n) is 11.2. The van der Waals surface area contributed by atoms with Gasteiger partial charge in [-0.3, -0.25) is 4.79 Å². The van der Waals surface area contributed by atoms with E-state index in [0.717, 1.165) is 0 Å². The van der Waals surface area contributed by atoms with E-state index in [1.165, 1.54) is 11.8 Å². The zero-order valence-corrected chi connectivity index (χ0v) is 12.8. The van der Waals surface area contributed by atoms with E-state index in [0.29, 0.717) is 23.6 Å². The molecule has 1 N–H and O–H groups in total. The number of nitrogens with one attached hydrogen (secondary N) is 1. The Kier molecular flexibility index (Phi) is 3.99. The van der Waals surface area contributed by atoms with Gasteiger partial charge in [0.15, 0.2) is 21.3 Å². The maximum absolute atomic E-state index is 11.9. The van der Waals surface area contributed by atoms with Gasteiger partial charge in [0.2, 0.25) is 12.7 Å². The van der Waals surface area contributed by atoms with Crippen LogP contribution in [0, 0.1) is 0 Å². The van der Waals surface area contributed by atoms with Gasteiger partial charge in [-0.25, -0.2) is 8.42 Å². The molecule has 1 amide bonds. The van der Waals surface area contributed by atoms with E-state index in [1.807, 2.05) is 0 Å². The fourth-order valence-electron chi connectivity index (χ4n) is 2.26. The van der Waals surface area contributed by atoms with Gasteiger partial charge in [-0.15, -0.1) is 11.8 Å². The summed E-state index contributed by atoms with van der Waals surface area (Å²) in [5, 5.41) is 2.80. The van der Waals surface area contributed by atoms with Gasteiger partial charge >= 0.3 is 0 Å². The third-order valence-electron chi connectivity index (χ3n) is 3.30. The van der Waals surface area contributed by atoms with E-state index in [1.54, 1.807) is 18.2 Å². The Morgan fingerprint density at radius 2 is 2.14 bits per heavy atom. The molecule has 1 aromatic carbocycles. The molecule has 6 nitrogen and oxygen atoms in total. The highest BCUT2D eigenvalue weighted by Gasteiger charge is 2.28. The lowest BCUT2D eigenvalue weighted by Crippen LogP contribution is -2.17. The van der Waals surface area contributed by atoms with E-state index in [4.69, 9.17) is 9.47 Å². The maximum Gasteiger partial charge on any atom is 0.234 e. The highest BCUT2D eigenvalue weighted by Crippen LogP contribution is 2.34. The first-order valence-corrected chi connectivity index (χ1v) is 9.40. The van der Waals surface area contributed by atoms with Gasteiger partial charge in [-0.1, -0.05) is 0 Å². The first-order chi connectivity index (χ1) is 10.0. The molecule has 1 saturated heterocycles. The maximum atomic E-state index is 11.9. The predicted molar refractivity (Wildman–Crippen MR) is 80.7 cm³/mol. The summed E-state index contributed by atoms with van der Waals surface area (Å²) in [4.78, 5) is 11.9. The van der Waals surface area contributed by atoms with Crippen molar-refractivity contribution in [2.75, 3.05) is 29.4 Å². The molecule has 0 aromatic heterocycles. The number of rotatable bonds is 4. The molecule has 2 aliphatic heterocycles. The Morgan fingerprint density at radius 3 is 2.90 bits per heavy atom. The highest BCUT2D eigenvalue weighted by atomic mass is 32.2. The molecule has 114 valence electrons. The van der Waals surface area contributed by atoms with Crippen LogP contribution in [0.1, 0.15) is 6.42 Å². The number of ether oxygens (including phenoxy) is 2. The smallest absolute Gasteiger partial charge is 0.234 e. The summed E-state index contributed by atoms with van der Waals surface area (Å²) in [6.07, 6.45) is 0.629. The van der Waals surface area contributed by atoms with Crippen LogP contribution in [0.3, 0.4) is 0 Å². The van der Waals surface area contributed by atoms with E-state index < -0.39 is 9.84 Å². The van der Waals surface area contributed by atoms with Crippen molar-refractivity contribution in [2.24, 2.45) is 0 Å². The molecule has 0 aliphatic carbocycles. The van der Waals surface area contributed by atoms with Crippen LogP contribution >= 0.6 is 11.8 Å². The van der Waals surface area contributed by atoms with E-state index in [2.05, 4.69) is 5.32 Å². The average molecular weight is 329 g/mol.